The average molecular weight is 304 g/mol. The number of rotatable bonds is 7. The van der Waals surface area contributed by atoms with Crippen LogP contribution in [0.15, 0.2) is 36.9 Å². The Morgan fingerprint density at radius 3 is 2.32 bits per heavy atom. The number of hydrogen-bond acceptors (Lipinski definition) is 3. The zero-order valence-electron chi connectivity index (χ0n) is 15.3. The van der Waals surface area contributed by atoms with Crippen molar-refractivity contribution in [2.45, 2.75) is 60.5 Å². The van der Waals surface area contributed by atoms with Gasteiger partial charge >= 0.3 is 0 Å². The topological polar surface area (TPSA) is 25.4 Å². The van der Waals surface area contributed by atoms with E-state index in [1.807, 2.05) is 45.2 Å². The Bertz CT molecular complexity index is 472. The standard InChI is InChI=1S/C19H32N2O/c1-15(2)13-19(7,8)14-21(16(3)22-18(4,5)6)17-11-9-10-12-20-17/h9-12,15H,3,13-14H2,1-2,4-8H3. The monoisotopic (exact) mass is 304 g/mol. The second-order valence-corrected chi connectivity index (χ2v) is 8.14. The fraction of sp³-hybridized carbons (Fsp3) is 0.632. The lowest BCUT2D eigenvalue weighted by molar-refractivity contribution is 0.0465. The largest absolute Gasteiger partial charge is 0.474 e. The first-order chi connectivity index (χ1) is 10.0. The van der Waals surface area contributed by atoms with E-state index in [9.17, 15) is 0 Å². The molecule has 0 amide bonds. The fourth-order valence-corrected chi connectivity index (χ4v) is 2.82. The molecule has 0 saturated heterocycles. The molecule has 124 valence electrons. The first kappa shape index (κ1) is 18.5. The summed E-state index contributed by atoms with van der Waals surface area (Å²) < 4.78 is 6.00. The predicted octanol–water partition coefficient (Wildman–Crippen LogP) is 5.25. The van der Waals surface area contributed by atoms with Gasteiger partial charge < -0.3 is 4.74 Å². The molecule has 0 atom stereocenters. The van der Waals surface area contributed by atoms with Crippen molar-refractivity contribution in [3.63, 3.8) is 0 Å². The second-order valence-electron chi connectivity index (χ2n) is 8.14. The number of nitrogens with zero attached hydrogens (tertiary/aromatic N) is 2. The van der Waals surface area contributed by atoms with Gasteiger partial charge in [-0.3, -0.25) is 4.90 Å². The minimum Gasteiger partial charge on any atom is -0.474 e. The molecule has 1 aromatic rings. The maximum atomic E-state index is 6.00. The van der Waals surface area contributed by atoms with Crippen LogP contribution in [-0.2, 0) is 4.74 Å². The summed E-state index contributed by atoms with van der Waals surface area (Å²) in [7, 11) is 0. The summed E-state index contributed by atoms with van der Waals surface area (Å²) >= 11 is 0. The SMILES string of the molecule is C=C(OC(C)(C)C)N(CC(C)(C)CC(C)C)c1ccccn1. The van der Waals surface area contributed by atoms with Crippen molar-refractivity contribution in [2.24, 2.45) is 11.3 Å². The van der Waals surface area contributed by atoms with Gasteiger partial charge in [0.25, 0.3) is 0 Å². The van der Waals surface area contributed by atoms with Gasteiger partial charge in [-0.1, -0.05) is 33.8 Å². The molecule has 0 radical (unpaired) electrons. The molecule has 0 fully saturated rings. The van der Waals surface area contributed by atoms with Gasteiger partial charge in [0.05, 0.1) is 0 Å². The zero-order valence-corrected chi connectivity index (χ0v) is 15.3. The predicted molar refractivity (Wildman–Crippen MR) is 94.8 cm³/mol. The van der Waals surface area contributed by atoms with Crippen LogP contribution in [0.1, 0.15) is 54.9 Å². The molecule has 0 aliphatic carbocycles. The van der Waals surface area contributed by atoms with Crippen LogP contribution in [0, 0.1) is 11.3 Å². The number of aromatic nitrogens is 1. The third-order valence-electron chi connectivity index (χ3n) is 3.20. The second kappa shape index (κ2) is 7.17. The number of ether oxygens (including phenoxy) is 1. The number of anilines is 1. The Morgan fingerprint density at radius 2 is 1.86 bits per heavy atom. The summed E-state index contributed by atoms with van der Waals surface area (Å²) in [4.78, 5) is 6.57. The Hall–Kier alpha value is -1.51. The van der Waals surface area contributed by atoms with Crippen molar-refractivity contribution in [3.8, 4) is 0 Å². The molecule has 0 unspecified atom stereocenters. The summed E-state index contributed by atoms with van der Waals surface area (Å²) in [6.45, 7) is 20.2. The molecule has 1 heterocycles. The molecule has 0 aliphatic rings. The van der Waals surface area contributed by atoms with Gasteiger partial charge in [0.1, 0.15) is 11.4 Å². The van der Waals surface area contributed by atoms with Crippen LogP contribution in [0.25, 0.3) is 0 Å². The zero-order chi connectivity index (χ0) is 17.0. The average Bonchev–Trinajstić information content (AvgIpc) is 2.33. The molecule has 0 aromatic carbocycles. The Labute approximate surface area is 136 Å². The van der Waals surface area contributed by atoms with E-state index in [1.165, 1.54) is 0 Å². The molecular weight excluding hydrogens is 272 g/mol. The van der Waals surface area contributed by atoms with E-state index >= 15 is 0 Å². The quantitative estimate of drug-likeness (QED) is 0.644. The van der Waals surface area contributed by atoms with Gasteiger partial charge in [0.2, 0.25) is 0 Å². The minimum atomic E-state index is -0.272. The Balaban J connectivity index is 3.00. The van der Waals surface area contributed by atoms with Crippen molar-refractivity contribution >= 4 is 5.82 Å². The summed E-state index contributed by atoms with van der Waals surface area (Å²) in [5.74, 6) is 2.19. The summed E-state index contributed by atoms with van der Waals surface area (Å²) in [6, 6.07) is 5.92. The van der Waals surface area contributed by atoms with Gasteiger partial charge in [-0.2, -0.15) is 0 Å². The van der Waals surface area contributed by atoms with Crippen LogP contribution in [0.4, 0.5) is 5.82 Å². The lowest BCUT2D eigenvalue weighted by Gasteiger charge is -2.37. The maximum Gasteiger partial charge on any atom is 0.188 e. The van der Waals surface area contributed by atoms with E-state index in [1.54, 1.807) is 0 Å². The van der Waals surface area contributed by atoms with Crippen LogP contribution in [0.5, 0.6) is 0 Å². The van der Waals surface area contributed by atoms with Crippen molar-refractivity contribution in [1.29, 1.82) is 0 Å². The van der Waals surface area contributed by atoms with Gasteiger partial charge in [-0.15, -0.1) is 0 Å². The molecule has 0 spiro atoms. The van der Waals surface area contributed by atoms with E-state index in [4.69, 9.17) is 4.74 Å². The molecule has 0 saturated carbocycles. The first-order valence-corrected chi connectivity index (χ1v) is 8.07. The minimum absolute atomic E-state index is 0.149. The van der Waals surface area contributed by atoms with E-state index in [0.717, 1.165) is 18.8 Å². The molecule has 1 aromatic heterocycles. The van der Waals surface area contributed by atoms with Gasteiger partial charge in [0.15, 0.2) is 5.88 Å². The lowest BCUT2D eigenvalue weighted by Crippen LogP contribution is -2.37. The van der Waals surface area contributed by atoms with Crippen LogP contribution in [0.3, 0.4) is 0 Å². The van der Waals surface area contributed by atoms with Crippen LogP contribution < -0.4 is 4.90 Å². The number of hydrogen-bond donors (Lipinski definition) is 0. The normalized spacial score (nSPS) is 12.4. The smallest absolute Gasteiger partial charge is 0.188 e. The molecule has 1 rings (SSSR count). The van der Waals surface area contributed by atoms with Gasteiger partial charge in [-0.25, -0.2) is 4.98 Å². The van der Waals surface area contributed by atoms with Gasteiger partial charge in [-0.05, 0) is 57.2 Å². The Morgan fingerprint density at radius 1 is 1.23 bits per heavy atom. The molecule has 0 N–H and O–H groups in total. The van der Waals surface area contributed by atoms with Crippen molar-refractivity contribution in [2.75, 3.05) is 11.4 Å². The van der Waals surface area contributed by atoms with Gasteiger partial charge in [0, 0.05) is 12.7 Å². The highest BCUT2D eigenvalue weighted by molar-refractivity contribution is 5.43. The Kier molecular flexibility index (Phi) is 6.04. The van der Waals surface area contributed by atoms with E-state index < -0.39 is 0 Å². The third kappa shape index (κ3) is 6.50. The molecular formula is C19H32N2O. The summed E-state index contributed by atoms with van der Waals surface area (Å²) in [5, 5.41) is 0. The molecule has 0 aliphatic heterocycles. The first-order valence-electron chi connectivity index (χ1n) is 8.07. The van der Waals surface area contributed by atoms with E-state index in [0.29, 0.717) is 11.8 Å². The van der Waals surface area contributed by atoms with Crippen molar-refractivity contribution < 1.29 is 4.74 Å². The van der Waals surface area contributed by atoms with Crippen LogP contribution in [-0.4, -0.2) is 17.1 Å². The van der Waals surface area contributed by atoms with E-state index in [2.05, 4.69) is 44.2 Å². The van der Waals surface area contributed by atoms with Crippen LogP contribution in [0.2, 0.25) is 0 Å². The fourth-order valence-electron chi connectivity index (χ4n) is 2.82. The highest BCUT2D eigenvalue weighted by Gasteiger charge is 2.27. The summed E-state index contributed by atoms with van der Waals surface area (Å²) in [6.07, 6.45) is 2.95. The molecule has 0 bridgehead atoms. The highest BCUT2D eigenvalue weighted by atomic mass is 16.5. The van der Waals surface area contributed by atoms with Crippen molar-refractivity contribution in [1.82, 2.24) is 4.98 Å². The number of pyridine rings is 1. The molecule has 3 heteroatoms. The molecule has 3 nitrogen and oxygen atoms in total. The van der Waals surface area contributed by atoms with E-state index in [-0.39, 0.29) is 11.0 Å². The lowest BCUT2D eigenvalue weighted by atomic mass is 9.83. The summed E-state index contributed by atoms with van der Waals surface area (Å²) in [5.41, 5.74) is -0.123. The van der Waals surface area contributed by atoms with Crippen molar-refractivity contribution in [3.05, 3.63) is 36.9 Å². The highest BCUT2D eigenvalue weighted by Crippen LogP contribution is 2.31. The maximum absolute atomic E-state index is 6.00. The van der Waals surface area contributed by atoms with Crippen LogP contribution >= 0.6 is 0 Å². The third-order valence-corrected chi connectivity index (χ3v) is 3.20. The molecule has 22 heavy (non-hydrogen) atoms.